The molecule has 0 aromatic heterocycles. The third-order valence-electron chi connectivity index (χ3n) is 3.16. The van der Waals surface area contributed by atoms with Gasteiger partial charge in [-0.15, -0.1) is 12.4 Å². The molecule has 0 saturated carbocycles. The van der Waals surface area contributed by atoms with Crippen LogP contribution in [0, 0.1) is 0 Å². The predicted molar refractivity (Wildman–Crippen MR) is 71.0 cm³/mol. The van der Waals surface area contributed by atoms with E-state index in [0.29, 0.717) is 26.2 Å². The first-order valence-electron chi connectivity index (χ1n) is 6.18. The number of carbonyl (C=O) groups excluding carboxylic acids is 1. The molecule has 1 amide bonds. The maximum atomic E-state index is 13.0. The Morgan fingerprint density at radius 3 is 2.40 bits per heavy atom. The Morgan fingerprint density at radius 1 is 1.40 bits per heavy atom. The molecule has 1 heterocycles. The predicted octanol–water partition coefficient (Wildman–Crippen LogP) is 0.395. The molecule has 2 atom stereocenters. The molecule has 0 aromatic carbocycles. The Kier molecular flexibility index (Phi) is 8.41. The van der Waals surface area contributed by atoms with Gasteiger partial charge in [-0.2, -0.15) is 13.2 Å². The van der Waals surface area contributed by atoms with Crippen molar-refractivity contribution >= 4 is 18.3 Å². The van der Waals surface area contributed by atoms with Crippen LogP contribution in [0.4, 0.5) is 13.2 Å². The summed E-state index contributed by atoms with van der Waals surface area (Å²) in [6.45, 7) is 2.72. The zero-order chi connectivity index (χ0) is 14.5. The van der Waals surface area contributed by atoms with Crippen molar-refractivity contribution in [1.82, 2.24) is 15.5 Å². The molecule has 1 fully saturated rings. The van der Waals surface area contributed by atoms with E-state index in [1.165, 1.54) is 18.9 Å². The molecule has 0 spiro atoms. The molecule has 1 aliphatic rings. The number of hydrogen-bond donors (Lipinski definition) is 2. The van der Waals surface area contributed by atoms with Gasteiger partial charge in [0.05, 0.1) is 0 Å². The van der Waals surface area contributed by atoms with Crippen LogP contribution in [0.25, 0.3) is 0 Å². The van der Waals surface area contributed by atoms with Gasteiger partial charge in [-0.3, -0.25) is 9.69 Å². The third-order valence-corrected chi connectivity index (χ3v) is 3.16. The lowest BCUT2D eigenvalue weighted by atomic mass is 10.2. The lowest BCUT2D eigenvalue weighted by Crippen LogP contribution is -2.58. The van der Waals surface area contributed by atoms with E-state index in [9.17, 15) is 18.0 Å². The normalized spacial score (nSPS) is 19.9. The smallest absolute Gasteiger partial charge is 0.372 e. The molecular formula is C11H21ClF3N3O2. The van der Waals surface area contributed by atoms with Gasteiger partial charge in [-0.1, -0.05) is 0 Å². The number of nitrogens with one attached hydrogen (secondary N) is 2. The van der Waals surface area contributed by atoms with Gasteiger partial charge >= 0.3 is 6.18 Å². The van der Waals surface area contributed by atoms with Crippen LogP contribution in [-0.4, -0.2) is 69.0 Å². The van der Waals surface area contributed by atoms with Gasteiger partial charge in [0, 0.05) is 39.8 Å². The average Bonchev–Trinajstić information content (AvgIpc) is 2.37. The SMILES string of the molecule is COC(C)C(=O)NCC(N1CCNCC1)C(F)(F)F.Cl. The van der Waals surface area contributed by atoms with Gasteiger partial charge in [0.1, 0.15) is 12.1 Å². The number of halogens is 4. The molecule has 1 aliphatic heterocycles. The quantitative estimate of drug-likeness (QED) is 0.770. The molecule has 20 heavy (non-hydrogen) atoms. The molecule has 2 unspecified atom stereocenters. The number of ether oxygens (including phenoxy) is 1. The van der Waals surface area contributed by atoms with Gasteiger partial charge in [0.2, 0.25) is 5.91 Å². The van der Waals surface area contributed by atoms with Crippen LogP contribution in [0.3, 0.4) is 0 Å². The molecule has 2 N–H and O–H groups in total. The fourth-order valence-electron chi connectivity index (χ4n) is 1.89. The average molecular weight is 320 g/mol. The summed E-state index contributed by atoms with van der Waals surface area (Å²) in [5, 5.41) is 5.29. The van der Waals surface area contributed by atoms with Crippen molar-refractivity contribution in [2.75, 3.05) is 39.8 Å². The van der Waals surface area contributed by atoms with Crippen LogP contribution in [0.1, 0.15) is 6.92 Å². The standard InChI is InChI=1S/C11H20F3N3O2.ClH/c1-8(19-2)10(18)16-7-9(11(12,13)14)17-5-3-15-4-6-17;/h8-9,15H,3-7H2,1-2H3,(H,16,18);1H. The molecule has 5 nitrogen and oxygen atoms in total. The fraction of sp³-hybridized carbons (Fsp3) is 0.909. The highest BCUT2D eigenvalue weighted by Gasteiger charge is 2.43. The molecule has 0 aliphatic carbocycles. The van der Waals surface area contributed by atoms with Crippen molar-refractivity contribution in [3.8, 4) is 0 Å². The molecule has 0 aromatic rings. The minimum absolute atomic E-state index is 0. The van der Waals surface area contributed by atoms with E-state index in [-0.39, 0.29) is 12.4 Å². The zero-order valence-electron chi connectivity index (χ0n) is 11.5. The number of amides is 1. The monoisotopic (exact) mass is 319 g/mol. The number of methoxy groups -OCH3 is 1. The van der Waals surface area contributed by atoms with Crippen LogP contribution in [0.2, 0.25) is 0 Å². The lowest BCUT2D eigenvalue weighted by molar-refractivity contribution is -0.184. The first kappa shape index (κ1) is 19.4. The van der Waals surface area contributed by atoms with Gasteiger partial charge in [-0.05, 0) is 6.92 Å². The molecule has 120 valence electrons. The van der Waals surface area contributed by atoms with E-state index in [0.717, 1.165) is 0 Å². The van der Waals surface area contributed by atoms with Crippen LogP contribution >= 0.6 is 12.4 Å². The number of rotatable bonds is 5. The maximum absolute atomic E-state index is 13.0. The van der Waals surface area contributed by atoms with Crippen molar-refractivity contribution in [1.29, 1.82) is 0 Å². The van der Waals surface area contributed by atoms with Crippen molar-refractivity contribution in [3.63, 3.8) is 0 Å². The summed E-state index contributed by atoms with van der Waals surface area (Å²) in [4.78, 5) is 12.8. The second-order valence-electron chi connectivity index (χ2n) is 4.47. The van der Waals surface area contributed by atoms with Crippen molar-refractivity contribution in [2.24, 2.45) is 0 Å². The highest BCUT2D eigenvalue weighted by Crippen LogP contribution is 2.24. The van der Waals surface area contributed by atoms with Crippen LogP contribution in [0.5, 0.6) is 0 Å². The highest BCUT2D eigenvalue weighted by atomic mass is 35.5. The lowest BCUT2D eigenvalue weighted by Gasteiger charge is -2.36. The molecule has 9 heteroatoms. The van der Waals surface area contributed by atoms with Crippen LogP contribution in [0.15, 0.2) is 0 Å². The Morgan fingerprint density at radius 2 is 1.95 bits per heavy atom. The maximum Gasteiger partial charge on any atom is 0.405 e. The van der Waals surface area contributed by atoms with Crippen LogP contribution in [-0.2, 0) is 9.53 Å². The molecular weight excluding hydrogens is 299 g/mol. The first-order chi connectivity index (χ1) is 8.86. The van der Waals surface area contributed by atoms with E-state index in [1.54, 1.807) is 0 Å². The minimum Gasteiger partial charge on any atom is -0.372 e. The summed E-state index contributed by atoms with van der Waals surface area (Å²) >= 11 is 0. The Hall–Kier alpha value is -0.570. The van der Waals surface area contributed by atoms with E-state index >= 15 is 0 Å². The number of alkyl halides is 3. The minimum atomic E-state index is -4.36. The van der Waals surface area contributed by atoms with E-state index in [1.807, 2.05) is 0 Å². The summed E-state index contributed by atoms with van der Waals surface area (Å²) in [6.07, 6.45) is -5.11. The molecule has 1 rings (SSSR count). The van der Waals surface area contributed by atoms with Gasteiger partial charge in [-0.25, -0.2) is 0 Å². The summed E-state index contributed by atoms with van der Waals surface area (Å²) in [5.41, 5.74) is 0. The van der Waals surface area contributed by atoms with Gasteiger partial charge in [0.15, 0.2) is 0 Å². The second kappa shape index (κ2) is 8.66. The topological polar surface area (TPSA) is 53.6 Å². The molecule has 0 bridgehead atoms. The third kappa shape index (κ3) is 5.82. The molecule has 1 saturated heterocycles. The van der Waals surface area contributed by atoms with Gasteiger partial charge < -0.3 is 15.4 Å². The van der Waals surface area contributed by atoms with E-state index < -0.39 is 30.8 Å². The van der Waals surface area contributed by atoms with E-state index in [2.05, 4.69) is 10.6 Å². The summed E-state index contributed by atoms with van der Waals surface area (Å²) in [6, 6.07) is -1.65. The number of nitrogens with zero attached hydrogens (tertiary/aromatic N) is 1. The number of carbonyl (C=O) groups is 1. The van der Waals surface area contributed by atoms with Crippen LogP contribution < -0.4 is 10.6 Å². The summed E-state index contributed by atoms with van der Waals surface area (Å²) in [7, 11) is 1.34. The van der Waals surface area contributed by atoms with Crippen molar-refractivity contribution in [2.45, 2.75) is 25.2 Å². The second-order valence-corrected chi connectivity index (χ2v) is 4.47. The van der Waals surface area contributed by atoms with Crippen molar-refractivity contribution < 1.29 is 22.7 Å². The Bertz CT molecular complexity index is 299. The number of piperazine rings is 1. The Balaban J connectivity index is 0.00000361. The van der Waals surface area contributed by atoms with E-state index in [4.69, 9.17) is 4.74 Å². The van der Waals surface area contributed by atoms with Gasteiger partial charge in [0.25, 0.3) is 0 Å². The number of hydrogen-bond acceptors (Lipinski definition) is 4. The van der Waals surface area contributed by atoms with Crippen molar-refractivity contribution in [3.05, 3.63) is 0 Å². The summed E-state index contributed by atoms with van der Waals surface area (Å²) in [5.74, 6) is -0.535. The fourth-order valence-corrected chi connectivity index (χ4v) is 1.89. The highest BCUT2D eigenvalue weighted by molar-refractivity contribution is 5.85. The largest absolute Gasteiger partial charge is 0.405 e. The molecule has 0 radical (unpaired) electrons. The summed E-state index contributed by atoms with van der Waals surface area (Å²) < 4.78 is 43.7. The zero-order valence-corrected chi connectivity index (χ0v) is 12.3. The first-order valence-corrected chi connectivity index (χ1v) is 6.18. The Labute approximate surface area is 122 Å².